The average molecular weight is 275 g/mol. The summed E-state index contributed by atoms with van der Waals surface area (Å²) in [6.45, 7) is 3.00. The van der Waals surface area contributed by atoms with Crippen molar-refractivity contribution in [2.75, 3.05) is 6.54 Å². The molecule has 0 spiro atoms. The van der Waals surface area contributed by atoms with Crippen molar-refractivity contribution in [3.63, 3.8) is 0 Å². The first-order valence-corrected chi connectivity index (χ1v) is 6.72. The SMILES string of the molecule is CC(NC(=O)[C@@H]1CCCCN1)c1cccs1.Cl. The summed E-state index contributed by atoms with van der Waals surface area (Å²) in [6, 6.07) is 4.21. The second kappa shape index (κ2) is 6.99. The van der Waals surface area contributed by atoms with E-state index in [-0.39, 0.29) is 30.4 Å². The fourth-order valence-corrected chi connectivity index (χ4v) is 2.73. The van der Waals surface area contributed by atoms with Crippen LogP contribution in [0.15, 0.2) is 17.5 Å². The smallest absolute Gasteiger partial charge is 0.237 e. The highest BCUT2D eigenvalue weighted by Crippen LogP contribution is 2.18. The van der Waals surface area contributed by atoms with Crippen LogP contribution in [0.4, 0.5) is 0 Å². The molecular formula is C12H19ClN2OS. The van der Waals surface area contributed by atoms with Crippen molar-refractivity contribution < 1.29 is 4.79 Å². The van der Waals surface area contributed by atoms with Crippen LogP contribution >= 0.6 is 23.7 Å². The van der Waals surface area contributed by atoms with Gasteiger partial charge in [-0.1, -0.05) is 12.5 Å². The number of piperidine rings is 1. The largest absolute Gasteiger partial charge is 0.347 e. The Kier molecular flexibility index (Phi) is 5.95. The van der Waals surface area contributed by atoms with Gasteiger partial charge < -0.3 is 10.6 Å². The lowest BCUT2D eigenvalue weighted by atomic mass is 10.0. The van der Waals surface area contributed by atoms with E-state index in [1.54, 1.807) is 11.3 Å². The molecule has 1 aliphatic heterocycles. The molecule has 5 heteroatoms. The number of hydrogen-bond acceptors (Lipinski definition) is 3. The van der Waals surface area contributed by atoms with Gasteiger partial charge in [0.25, 0.3) is 0 Å². The molecule has 17 heavy (non-hydrogen) atoms. The molecule has 2 atom stereocenters. The zero-order valence-electron chi connectivity index (χ0n) is 9.94. The van der Waals surface area contributed by atoms with Crippen molar-refractivity contribution in [2.45, 2.75) is 38.3 Å². The van der Waals surface area contributed by atoms with E-state index in [0.29, 0.717) is 0 Å². The van der Waals surface area contributed by atoms with Crippen molar-refractivity contribution in [1.29, 1.82) is 0 Å². The second-order valence-corrected chi connectivity index (χ2v) is 5.23. The third-order valence-electron chi connectivity index (χ3n) is 2.96. The fraction of sp³-hybridized carbons (Fsp3) is 0.583. The van der Waals surface area contributed by atoms with Gasteiger partial charge in [-0.15, -0.1) is 23.7 Å². The van der Waals surface area contributed by atoms with E-state index in [1.165, 1.54) is 11.3 Å². The summed E-state index contributed by atoms with van der Waals surface area (Å²) in [5.41, 5.74) is 0. The minimum Gasteiger partial charge on any atom is -0.347 e. The Morgan fingerprint density at radius 2 is 2.41 bits per heavy atom. The first-order chi connectivity index (χ1) is 7.77. The number of halogens is 1. The molecule has 1 fully saturated rings. The third-order valence-corrected chi connectivity index (χ3v) is 4.01. The molecule has 0 bridgehead atoms. The zero-order valence-corrected chi connectivity index (χ0v) is 11.6. The molecule has 1 aromatic rings. The van der Waals surface area contributed by atoms with Gasteiger partial charge in [-0.05, 0) is 37.8 Å². The van der Waals surface area contributed by atoms with Gasteiger partial charge in [0.15, 0.2) is 0 Å². The van der Waals surface area contributed by atoms with Gasteiger partial charge in [-0.2, -0.15) is 0 Å². The number of thiophene rings is 1. The van der Waals surface area contributed by atoms with E-state index in [1.807, 2.05) is 18.4 Å². The van der Waals surface area contributed by atoms with Gasteiger partial charge in [0, 0.05) is 4.88 Å². The Hall–Kier alpha value is -0.580. The van der Waals surface area contributed by atoms with Crippen LogP contribution in [0.2, 0.25) is 0 Å². The standard InChI is InChI=1S/C12H18N2OS.ClH/c1-9(11-6-4-8-16-11)14-12(15)10-5-2-3-7-13-10;/h4,6,8-10,13H,2-3,5,7H2,1H3,(H,14,15);1H/t9?,10-;/m0./s1. The van der Waals surface area contributed by atoms with Crippen molar-refractivity contribution >= 4 is 29.7 Å². The van der Waals surface area contributed by atoms with Crippen LogP contribution in [0.25, 0.3) is 0 Å². The maximum atomic E-state index is 11.9. The van der Waals surface area contributed by atoms with Crippen LogP contribution < -0.4 is 10.6 Å². The highest BCUT2D eigenvalue weighted by molar-refractivity contribution is 7.10. The Bertz CT molecular complexity index is 336. The molecule has 2 rings (SSSR count). The minimum absolute atomic E-state index is 0. The predicted molar refractivity (Wildman–Crippen MR) is 73.8 cm³/mol. The van der Waals surface area contributed by atoms with Gasteiger partial charge in [-0.3, -0.25) is 4.79 Å². The van der Waals surface area contributed by atoms with Crippen molar-refractivity contribution in [3.05, 3.63) is 22.4 Å². The topological polar surface area (TPSA) is 41.1 Å². The Balaban J connectivity index is 0.00000144. The van der Waals surface area contributed by atoms with E-state index < -0.39 is 0 Å². The van der Waals surface area contributed by atoms with Gasteiger partial charge in [-0.25, -0.2) is 0 Å². The molecule has 1 aliphatic rings. The number of rotatable bonds is 3. The van der Waals surface area contributed by atoms with Gasteiger partial charge in [0.1, 0.15) is 0 Å². The highest BCUT2D eigenvalue weighted by atomic mass is 35.5. The summed E-state index contributed by atoms with van der Waals surface area (Å²) in [6.07, 6.45) is 3.30. The lowest BCUT2D eigenvalue weighted by Crippen LogP contribution is -2.47. The molecule has 1 aromatic heterocycles. The monoisotopic (exact) mass is 274 g/mol. The highest BCUT2D eigenvalue weighted by Gasteiger charge is 2.22. The summed E-state index contributed by atoms with van der Waals surface area (Å²) >= 11 is 1.68. The van der Waals surface area contributed by atoms with Gasteiger partial charge in [0.2, 0.25) is 5.91 Å². The molecular weight excluding hydrogens is 256 g/mol. The molecule has 1 saturated heterocycles. The Morgan fingerprint density at radius 3 is 3.00 bits per heavy atom. The normalized spacial score (nSPS) is 21.4. The van der Waals surface area contributed by atoms with Crippen molar-refractivity contribution in [1.82, 2.24) is 10.6 Å². The first-order valence-electron chi connectivity index (χ1n) is 5.84. The summed E-state index contributed by atoms with van der Waals surface area (Å²) in [4.78, 5) is 13.1. The van der Waals surface area contributed by atoms with Crippen LogP contribution in [0.1, 0.15) is 37.1 Å². The van der Waals surface area contributed by atoms with Crippen LogP contribution in [0, 0.1) is 0 Å². The third kappa shape index (κ3) is 3.98. The minimum atomic E-state index is 0. The number of amides is 1. The van der Waals surface area contributed by atoms with E-state index in [2.05, 4.69) is 16.7 Å². The molecule has 96 valence electrons. The van der Waals surface area contributed by atoms with Crippen LogP contribution in [-0.2, 0) is 4.79 Å². The first kappa shape index (κ1) is 14.5. The predicted octanol–water partition coefficient (Wildman–Crippen LogP) is 2.49. The Morgan fingerprint density at radius 1 is 1.59 bits per heavy atom. The van der Waals surface area contributed by atoms with Crippen LogP contribution in [0.5, 0.6) is 0 Å². The van der Waals surface area contributed by atoms with E-state index in [0.717, 1.165) is 19.4 Å². The molecule has 0 radical (unpaired) electrons. The fourth-order valence-electron chi connectivity index (χ4n) is 2.00. The zero-order chi connectivity index (χ0) is 11.4. The molecule has 1 amide bonds. The second-order valence-electron chi connectivity index (χ2n) is 4.25. The van der Waals surface area contributed by atoms with Gasteiger partial charge in [0.05, 0.1) is 12.1 Å². The van der Waals surface area contributed by atoms with E-state index in [4.69, 9.17) is 0 Å². The lowest BCUT2D eigenvalue weighted by molar-refractivity contribution is -0.124. The van der Waals surface area contributed by atoms with E-state index in [9.17, 15) is 4.79 Å². The van der Waals surface area contributed by atoms with E-state index >= 15 is 0 Å². The summed E-state index contributed by atoms with van der Waals surface area (Å²) in [5, 5.41) is 8.36. The number of carbonyl (C=O) groups excluding carboxylic acids is 1. The summed E-state index contributed by atoms with van der Waals surface area (Å²) in [7, 11) is 0. The molecule has 2 N–H and O–H groups in total. The quantitative estimate of drug-likeness (QED) is 0.889. The maximum absolute atomic E-state index is 11.9. The van der Waals surface area contributed by atoms with Crippen LogP contribution in [0.3, 0.4) is 0 Å². The number of hydrogen-bond donors (Lipinski definition) is 2. The number of carbonyl (C=O) groups is 1. The molecule has 0 saturated carbocycles. The van der Waals surface area contributed by atoms with Crippen LogP contribution in [-0.4, -0.2) is 18.5 Å². The molecule has 0 aliphatic carbocycles. The van der Waals surface area contributed by atoms with Gasteiger partial charge >= 0.3 is 0 Å². The molecule has 0 aromatic carbocycles. The lowest BCUT2D eigenvalue weighted by Gasteiger charge is -2.24. The average Bonchev–Trinajstić information content (AvgIpc) is 2.83. The van der Waals surface area contributed by atoms with Crippen molar-refractivity contribution in [3.8, 4) is 0 Å². The maximum Gasteiger partial charge on any atom is 0.237 e. The van der Waals surface area contributed by atoms with Crippen molar-refractivity contribution in [2.24, 2.45) is 0 Å². The summed E-state index contributed by atoms with van der Waals surface area (Å²) in [5.74, 6) is 0.139. The molecule has 3 nitrogen and oxygen atoms in total. The molecule has 2 heterocycles. The molecule has 1 unspecified atom stereocenters. The summed E-state index contributed by atoms with van der Waals surface area (Å²) < 4.78 is 0. The Labute approximate surface area is 112 Å². The number of nitrogens with one attached hydrogen (secondary N) is 2.